The van der Waals surface area contributed by atoms with Crippen molar-refractivity contribution in [3.05, 3.63) is 34.9 Å². The van der Waals surface area contributed by atoms with E-state index in [0.29, 0.717) is 17.9 Å². The van der Waals surface area contributed by atoms with Crippen molar-refractivity contribution in [1.82, 2.24) is 0 Å². The smallest absolute Gasteiger partial charge is 0.133 e. The summed E-state index contributed by atoms with van der Waals surface area (Å²) in [5, 5.41) is 0. The molecule has 0 saturated heterocycles. The van der Waals surface area contributed by atoms with E-state index in [1.54, 1.807) is 6.92 Å². The van der Waals surface area contributed by atoms with E-state index >= 15 is 0 Å². The lowest BCUT2D eigenvalue weighted by molar-refractivity contribution is 0.435. The Morgan fingerprint density at radius 1 is 1.28 bits per heavy atom. The Labute approximate surface area is 107 Å². The lowest BCUT2D eigenvalue weighted by atomic mass is 9.94. The predicted octanol–water partition coefficient (Wildman–Crippen LogP) is 4.24. The van der Waals surface area contributed by atoms with Crippen molar-refractivity contribution < 1.29 is 8.78 Å². The molecule has 2 N–H and O–H groups in total. The van der Waals surface area contributed by atoms with Crippen LogP contribution in [0.1, 0.15) is 55.7 Å². The van der Waals surface area contributed by atoms with Crippen molar-refractivity contribution in [2.75, 3.05) is 0 Å². The molecule has 1 aromatic carbocycles. The highest BCUT2D eigenvalue weighted by Crippen LogP contribution is 2.32. The fourth-order valence-corrected chi connectivity index (χ4v) is 2.88. The van der Waals surface area contributed by atoms with Gasteiger partial charge in [-0.1, -0.05) is 31.7 Å². The Balaban J connectivity index is 2.03. The average Bonchev–Trinajstić information content (AvgIpc) is 2.85. The van der Waals surface area contributed by atoms with Crippen molar-refractivity contribution >= 4 is 0 Å². The molecular weight excluding hydrogens is 232 g/mol. The van der Waals surface area contributed by atoms with Crippen LogP contribution in [0, 0.1) is 24.5 Å². The summed E-state index contributed by atoms with van der Waals surface area (Å²) in [5.74, 6) is -0.294. The average molecular weight is 253 g/mol. The summed E-state index contributed by atoms with van der Waals surface area (Å²) >= 11 is 0. The third kappa shape index (κ3) is 2.89. The third-order valence-electron chi connectivity index (χ3n) is 4.05. The number of halogens is 2. The van der Waals surface area contributed by atoms with Crippen LogP contribution in [0.4, 0.5) is 8.78 Å². The molecule has 1 aromatic rings. The molecule has 18 heavy (non-hydrogen) atoms. The first-order valence-corrected chi connectivity index (χ1v) is 6.79. The van der Waals surface area contributed by atoms with Gasteiger partial charge in [-0.15, -0.1) is 0 Å². The molecule has 1 nitrogen and oxygen atoms in total. The molecule has 1 unspecified atom stereocenters. The number of benzene rings is 1. The van der Waals surface area contributed by atoms with Crippen molar-refractivity contribution in [1.29, 1.82) is 0 Å². The van der Waals surface area contributed by atoms with Crippen LogP contribution in [-0.4, -0.2) is 0 Å². The van der Waals surface area contributed by atoms with Gasteiger partial charge in [0.05, 0.1) is 0 Å². The van der Waals surface area contributed by atoms with E-state index in [4.69, 9.17) is 5.73 Å². The highest BCUT2D eigenvalue weighted by molar-refractivity contribution is 5.29. The normalized spacial score (nSPS) is 18.2. The summed E-state index contributed by atoms with van der Waals surface area (Å²) in [4.78, 5) is 0. The Bertz CT molecular complexity index is 411. The zero-order valence-electron chi connectivity index (χ0n) is 10.9. The molecule has 0 aliphatic heterocycles. The van der Waals surface area contributed by atoms with E-state index in [2.05, 4.69) is 0 Å². The quantitative estimate of drug-likeness (QED) is 0.853. The van der Waals surface area contributed by atoms with E-state index in [1.807, 2.05) is 0 Å². The standard InChI is InChI=1S/C15H21F2N/c1-10-6-8-12(16)14(15(10)17)13(18)9-7-11-4-2-3-5-11/h6,8,11,13H,2-5,7,9,18H2,1H3. The van der Waals surface area contributed by atoms with E-state index in [0.717, 1.165) is 6.42 Å². The lowest BCUT2D eigenvalue weighted by Gasteiger charge is -2.17. The van der Waals surface area contributed by atoms with E-state index in [1.165, 1.54) is 37.8 Å². The summed E-state index contributed by atoms with van der Waals surface area (Å²) < 4.78 is 27.6. The molecular formula is C15H21F2N. The van der Waals surface area contributed by atoms with Crippen LogP contribution in [0.15, 0.2) is 12.1 Å². The minimum Gasteiger partial charge on any atom is -0.324 e. The third-order valence-corrected chi connectivity index (χ3v) is 4.05. The van der Waals surface area contributed by atoms with Crippen LogP contribution in [-0.2, 0) is 0 Å². The van der Waals surface area contributed by atoms with Gasteiger partial charge < -0.3 is 5.73 Å². The zero-order chi connectivity index (χ0) is 13.1. The van der Waals surface area contributed by atoms with Crippen molar-refractivity contribution in [2.24, 2.45) is 11.7 Å². The Kier molecular flexibility index (Phi) is 4.33. The van der Waals surface area contributed by atoms with E-state index < -0.39 is 17.7 Å². The lowest BCUT2D eigenvalue weighted by Crippen LogP contribution is -2.16. The molecule has 0 amide bonds. The second-order valence-electron chi connectivity index (χ2n) is 5.43. The summed E-state index contributed by atoms with van der Waals surface area (Å²) in [6, 6.07) is 2.24. The molecule has 0 aromatic heterocycles. The highest BCUT2D eigenvalue weighted by Gasteiger charge is 2.21. The first kappa shape index (κ1) is 13.5. The summed E-state index contributed by atoms with van der Waals surface area (Å²) in [7, 11) is 0. The Hall–Kier alpha value is -0.960. The molecule has 0 bridgehead atoms. The number of nitrogens with two attached hydrogens (primary N) is 1. The highest BCUT2D eigenvalue weighted by atomic mass is 19.1. The number of rotatable bonds is 4. The van der Waals surface area contributed by atoms with Gasteiger partial charge >= 0.3 is 0 Å². The van der Waals surface area contributed by atoms with Gasteiger partial charge in [0.25, 0.3) is 0 Å². The number of aryl methyl sites for hydroxylation is 1. The maximum absolute atomic E-state index is 13.9. The SMILES string of the molecule is Cc1ccc(F)c(C(N)CCC2CCCC2)c1F. The zero-order valence-corrected chi connectivity index (χ0v) is 10.9. The Morgan fingerprint density at radius 2 is 1.94 bits per heavy atom. The van der Waals surface area contributed by atoms with Gasteiger partial charge in [-0.05, 0) is 37.3 Å². The van der Waals surface area contributed by atoms with E-state index in [-0.39, 0.29) is 5.56 Å². The van der Waals surface area contributed by atoms with Gasteiger partial charge in [0.15, 0.2) is 0 Å². The molecule has 0 spiro atoms. The molecule has 1 aliphatic rings. The number of hydrogen-bond donors (Lipinski definition) is 1. The Morgan fingerprint density at radius 3 is 2.61 bits per heavy atom. The van der Waals surface area contributed by atoms with Crippen molar-refractivity contribution in [2.45, 2.75) is 51.5 Å². The summed E-state index contributed by atoms with van der Waals surface area (Å²) in [6.07, 6.45) is 6.70. The summed E-state index contributed by atoms with van der Waals surface area (Å²) in [6.45, 7) is 1.64. The van der Waals surface area contributed by atoms with Crippen LogP contribution in [0.25, 0.3) is 0 Å². The summed E-state index contributed by atoms with van der Waals surface area (Å²) in [5.41, 5.74) is 6.49. The van der Waals surface area contributed by atoms with Gasteiger partial charge in [0.2, 0.25) is 0 Å². The van der Waals surface area contributed by atoms with Gasteiger partial charge in [0.1, 0.15) is 11.6 Å². The predicted molar refractivity (Wildman–Crippen MR) is 69.2 cm³/mol. The first-order valence-electron chi connectivity index (χ1n) is 6.79. The van der Waals surface area contributed by atoms with Gasteiger partial charge in [-0.25, -0.2) is 8.78 Å². The van der Waals surface area contributed by atoms with Crippen LogP contribution < -0.4 is 5.73 Å². The fourth-order valence-electron chi connectivity index (χ4n) is 2.88. The molecule has 1 aliphatic carbocycles. The minimum atomic E-state index is -0.523. The molecule has 1 fully saturated rings. The minimum absolute atomic E-state index is 0.0630. The van der Waals surface area contributed by atoms with Crippen molar-refractivity contribution in [3.63, 3.8) is 0 Å². The monoisotopic (exact) mass is 253 g/mol. The molecule has 2 rings (SSSR count). The van der Waals surface area contributed by atoms with Gasteiger partial charge in [-0.3, -0.25) is 0 Å². The van der Waals surface area contributed by atoms with E-state index in [9.17, 15) is 8.78 Å². The first-order chi connectivity index (χ1) is 8.59. The maximum Gasteiger partial charge on any atom is 0.133 e. The van der Waals surface area contributed by atoms with Crippen LogP contribution >= 0.6 is 0 Å². The van der Waals surface area contributed by atoms with Crippen molar-refractivity contribution in [3.8, 4) is 0 Å². The molecule has 0 heterocycles. The van der Waals surface area contributed by atoms with Gasteiger partial charge in [0, 0.05) is 11.6 Å². The fraction of sp³-hybridized carbons (Fsp3) is 0.600. The molecule has 1 saturated carbocycles. The second-order valence-corrected chi connectivity index (χ2v) is 5.43. The molecule has 3 heteroatoms. The maximum atomic E-state index is 13.9. The number of hydrogen-bond acceptors (Lipinski definition) is 1. The van der Waals surface area contributed by atoms with Crippen LogP contribution in [0.5, 0.6) is 0 Å². The largest absolute Gasteiger partial charge is 0.324 e. The van der Waals surface area contributed by atoms with Crippen LogP contribution in [0.3, 0.4) is 0 Å². The van der Waals surface area contributed by atoms with Crippen LogP contribution in [0.2, 0.25) is 0 Å². The molecule has 100 valence electrons. The van der Waals surface area contributed by atoms with Gasteiger partial charge in [-0.2, -0.15) is 0 Å². The molecule has 0 radical (unpaired) electrons. The molecule has 1 atom stereocenters. The topological polar surface area (TPSA) is 26.0 Å². The second kappa shape index (κ2) is 5.79.